The van der Waals surface area contributed by atoms with Gasteiger partial charge in [-0.3, -0.25) is 4.90 Å². The van der Waals surface area contributed by atoms with Gasteiger partial charge in [0.05, 0.1) is 0 Å². The molecule has 0 amide bonds. The third kappa shape index (κ3) is 3.34. The third-order valence-corrected chi connectivity index (χ3v) is 4.21. The van der Waals surface area contributed by atoms with Crippen LogP contribution in [0.2, 0.25) is 0 Å². The van der Waals surface area contributed by atoms with E-state index in [0.717, 1.165) is 25.2 Å². The number of nitrogens with one attached hydrogen (secondary N) is 1. The molecule has 4 heteroatoms. The summed E-state index contributed by atoms with van der Waals surface area (Å²) in [4.78, 5) is 2.28. The standard InChI is InChI=1S/C18H20F2N2/c1-13-4-2-3-5-15(13)18-12-22(9-8-21-18)11-14-6-7-16(19)17(20)10-14/h2-7,10,18,21H,8-9,11-12H2,1H3. The molecular formula is C18H20F2N2. The van der Waals surface area contributed by atoms with Crippen LogP contribution in [0.5, 0.6) is 0 Å². The summed E-state index contributed by atoms with van der Waals surface area (Å²) in [5.74, 6) is -1.56. The van der Waals surface area contributed by atoms with Gasteiger partial charge in [-0.15, -0.1) is 0 Å². The van der Waals surface area contributed by atoms with Crippen molar-refractivity contribution in [1.29, 1.82) is 0 Å². The summed E-state index contributed by atoms with van der Waals surface area (Å²) in [5, 5.41) is 3.54. The molecular weight excluding hydrogens is 282 g/mol. The lowest BCUT2D eigenvalue weighted by atomic mass is 9.99. The molecule has 3 rings (SSSR count). The number of halogens is 2. The zero-order valence-electron chi connectivity index (χ0n) is 12.7. The van der Waals surface area contributed by atoms with Gasteiger partial charge in [-0.1, -0.05) is 30.3 Å². The predicted molar refractivity (Wildman–Crippen MR) is 83.6 cm³/mol. The topological polar surface area (TPSA) is 15.3 Å². The van der Waals surface area contributed by atoms with E-state index in [-0.39, 0.29) is 6.04 Å². The molecule has 1 unspecified atom stereocenters. The Morgan fingerprint density at radius 2 is 1.95 bits per heavy atom. The maximum atomic E-state index is 13.3. The van der Waals surface area contributed by atoms with Crippen LogP contribution in [0, 0.1) is 18.6 Å². The van der Waals surface area contributed by atoms with Gasteiger partial charge in [-0.25, -0.2) is 8.78 Å². The van der Waals surface area contributed by atoms with E-state index >= 15 is 0 Å². The highest BCUT2D eigenvalue weighted by Gasteiger charge is 2.22. The van der Waals surface area contributed by atoms with Crippen LogP contribution in [0.4, 0.5) is 8.78 Å². The Morgan fingerprint density at radius 1 is 1.14 bits per heavy atom. The van der Waals surface area contributed by atoms with Crippen molar-refractivity contribution in [2.45, 2.75) is 19.5 Å². The molecule has 1 atom stereocenters. The molecule has 0 aliphatic carbocycles. The first kappa shape index (κ1) is 15.1. The molecule has 1 saturated heterocycles. The van der Waals surface area contributed by atoms with Gasteiger partial charge in [0.15, 0.2) is 11.6 Å². The minimum absolute atomic E-state index is 0.278. The van der Waals surface area contributed by atoms with Crippen LogP contribution in [-0.2, 0) is 6.54 Å². The molecule has 1 aliphatic rings. The fourth-order valence-corrected chi connectivity index (χ4v) is 3.04. The molecule has 0 saturated carbocycles. The fraction of sp³-hybridized carbons (Fsp3) is 0.333. The summed E-state index contributed by atoms with van der Waals surface area (Å²) >= 11 is 0. The number of benzene rings is 2. The van der Waals surface area contributed by atoms with E-state index in [2.05, 4.69) is 35.3 Å². The van der Waals surface area contributed by atoms with Gasteiger partial charge in [0.2, 0.25) is 0 Å². The number of nitrogens with zero attached hydrogens (tertiary/aromatic N) is 1. The molecule has 22 heavy (non-hydrogen) atoms. The van der Waals surface area contributed by atoms with E-state index in [1.165, 1.54) is 23.3 Å². The molecule has 1 aliphatic heterocycles. The maximum Gasteiger partial charge on any atom is 0.159 e. The van der Waals surface area contributed by atoms with Gasteiger partial charge in [0, 0.05) is 32.2 Å². The van der Waals surface area contributed by atoms with E-state index in [9.17, 15) is 8.78 Å². The maximum absolute atomic E-state index is 13.3. The zero-order valence-corrected chi connectivity index (χ0v) is 12.7. The Bertz CT molecular complexity index is 657. The van der Waals surface area contributed by atoms with Crippen molar-refractivity contribution in [2.75, 3.05) is 19.6 Å². The predicted octanol–water partition coefficient (Wildman–Crippen LogP) is 3.42. The molecule has 0 radical (unpaired) electrons. The molecule has 0 bridgehead atoms. The van der Waals surface area contributed by atoms with Gasteiger partial charge in [-0.05, 0) is 35.7 Å². The number of rotatable bonds is 3. The summed E-state index contributed by atoms with van der Waals surface area (Å²) in [6.45, 7) is 5.42. The lowest BCUT2D eigenvalue weighted by Crippen LogP contribution is -2.45. The highest BCUT2D eigenvalue weighted by atomic mass is 19.2. The monoisotopic (exact) mass is 302 g/mol. The first-order valence-corrected chi connectivity index (χ1v) is 7.58. The van der Waals surface area contributed by atoms with Crippen LogP contribution in [-0.4, -0.2) is 24.5 Å². The summed E-state index contributed by atoms with van der Waals surface area (Å²) in [6, 6.07) is 12.8. The molecule has 116 valence electrons. The summed E-state index contributed by atoms with van der Waals surface area (Å²) in [6.07, 6.45) is 0. The van der Waals surface area contributed by atoms with Crippen LogP contribution in [0.3, 0.4) is 0 Å². The highest BCUT2D eigenvalue weighted by molar-refractivity contribution is 5.29. The van der Waals surface area contributed by atoms with Crippen molar-refractivity contribution < 1.29 is 8.78 Å². The second kappa shape index (κ2) is 6.55. The van der Waals surface area contributed by atoms with Crippen molar-refractivity contribution in [3.8, 4) is 0 Å². The Hall–Kier alpha value is -1.78. The van der Waals surface area contributed by atoms with Crippen molar-refractivity contribution in [3.63, 3.8) is 0 Å². The highest BCUT2D eigenvalue weighted by Crippen LogP contribution is 2.22. The summed E-state index contributed by atoms with van der Waals surface area (Å²) < 4.78 is 26.3. The van der Waals surface area contributed by atoms with Crippen LogP contribution in [0.15, 0.2) is 42.5 Å². The van der Waals surface area contributed by atoms with Crippen molar-refractivity contribution in [1.82, 2.24) is 10.2 Å². The van der Waals surface area contributed by atoms with Crippen molar-refractivity contribution >= 4 is 0 Å². The van der Waals surface area contributed by atoms with E-state index < -0.39 is 11.6 Å². The average Bonchev–Trinajstić information content (AvgIpc) is 2.52. The van der Waals surface area contributed by atoms with Crippen LogP contribution < -0.4 is 5.32 Å². The molecule has 0 aromatic heterocycles. The minimum Gasteiger partial charge on any atom is -0.308 e. The quantitative estimate of drug-likeness (QED) is 0.934. The Kier molecular flexibility index (Phi) is 4.50. The first-order chi connectivity index (χ1) is 10.6. The van der Waals surface area contributed by atoms with Crippen LogP contribution in [0.25, 0.3) is 0 Å². The van der Waals surface area contributed by atoms with Crippen LogP contribution >= 0.6 is 0 Å². The van der Waals surface area contributed by atoms with Crippen LogP contribution in [0.1, 0.15) is 22.7 Å². The first-order valence-electron chi connectivity index (χ1n) is 7.58. The third-order valence-electron chi connectivity index (χ3n) is 4.21. The normalized spacial score (nSPS) is 19.3. The second-order valence-corrected chi connectivity index (χ2v) is 5.85. The lowest BCUT2D eigenvalue weighted by molar-refractivity contribution is 0.192. The van der Waals surface area contributed by atoms with Gasteiger partial charge in [0.1, 0.15) is 0 Å². The molecule has 2 aromatic rings. The Morgan fingerprint density at radius 3 is 2.73 bits per heavy atom. The second-order valence-electron chi connectivity index (χ2n) is 5.85. The largest absolute Gasteiger partial charge is 0.308 e. The molecule has 1 fully saturated rings. The number of hydrogen-bond donors (Lipinski definition) is 1. The van der Waals surface area contributed by atoms with Crippen molar-refractivity contribution in [2.24, 2.45) is 0 Å². The van der Waals surface area contributed by atoms with Gasteiger partial charge in [0.25, 0.3) is 0 Å². The molecule has 1 N–H and O–H groups in total. The van der Waals surface area contributed by atoms with E-state index in [4.69, 9.17) is 0 Å². The van der Waals surface area contributed by atoms with E-state index in [0.29, 0.717) is 6.54 Å². The Balaban J connectivity index is 1.70. The minimum atomic E-state index is -0.790. The molecule has 1 heterocycles. The molecule has 0 spiro atoms. The lowest BCUT2D eigenvalue weighted by Gasteiger charge is -2.34. The van der Waals surface area contributed by atoms with Gasteiger partial charge >= 0.3 is 0 Å². The van der Waals surface area contributed by atoms with Gasteiger partial charge in [-0.2, -0.15) is 0 Å². The summed E-state index contributed by atoms with van der Waals surface area (Å²) in [5.41, 5.74) is 3.39. The average molecular weight is 302 g/mol. The fourth-order valence-electron chi connectivity index (χ4n) is 3.04. The van der Waals surface area contributed by atoms with E-state index in [1.807, 2.05) is 6.07 Å². The smallest absolute Gasteiger partial charge is 0.159 e. The molecule has 2 aromatic carbocycles. The molecule has 2 nitrogen and oxygen atoms in total. The number of aryl methyl sites for hydroxylation is 1. The number of hydrogen-bond acceptors (Lipinski definition) is 2. The summed E-state index contributed by atoms with van der Waals surface area (Å²) in [7, 11) is 0. The van der Waals surface area contributed by atoms with Gasteiger partial charge < -0.3 is 5.32 Å². The van der Waals surface area contributed by atoms with E-state index in [1.54, 1.807) is 6.07 Å². The van der Waals surface area contributed by atoms with Crippen molar-refractivity contribution in [3.05, 3.63) is 70.8 Å². The Labute approximate surface area is 129 Å². The number of piperazine rings is 1. The zero-order chi connectivity index (χ0) is 15.5. The SMILES string of the molecule is Cc1ccccc1C1CN(Cc2ccc(F)c(F)c2)CCN1.